The van der Waals surface area contributed by atoms with Crippen molar-refractivity contribution in [3.63, 3.8) is 0 Å². The van der Waals surface area contributed by atoms with Crippen LogP contribution < -0.4 is 5.32 Å². The van der Waals surface area contributed by atoms with Gasteiger partial charge in [0.2, 0.25) is 0 Å². The van der Waals surface area contributed by atoms with Gasteiger partial charge < -0.3 is 19.7 Å². The highest BCUT2D eigenvalue weighted by molar-refractivity contribution is 5.80. The lowest BCUT2D eigenvalue weighted by atomic mass is 9.73. The fourth-order valence-corrected chi connectivity index (χ4v) is 3.09. The number of nitrogens with one attached hydrogen (secondary N) is 1. The molecule has 0 aromatic rings. The number of esters is 1. The normalized spacial score (nSPS) is 29.8. The van der Waals surface area contributed by atoms with Crippen LogP contribution in [0.25, 0.3) is 0 Å². The van der Waals surface area contributed by atoms with Gasteiger partial charge >= 0.3 is 12.1 Å². The fraction of sp³-hybridized carbons (Fsp3) is 0.857. The van der Waals surface area contributed by atoms with Crippen molar-refractivity contribution in [1.82, 2.24) is 10.2 Å². The smallest absolute Gasteiger partial charge is 0.410 e. The second-order valence-electron chi connectivity index (χ2n) is 6.67. The first-order valence-electron chi connectivity index (χ1n) is 7.05. The minimum absolute atomic E-state index is 0.230. The molecule has 114 valence electrons. The first kappa shape index (κ1) is 15.1. The fourth-order valence-electron chi connectivity index (χ4n) is 3.09. The number of nitrogens with zero attached hydrogens (tertiary/aromatic N) is 1. The van der Waals surface area contributed by atoms with Crippen LogP contribution in [0.5, 0.6) is 0 Å². The summed E-state index contributed by atoms with van der Waals surface area (Å²) in [6.45, 7) is 7.87. The predicted molar refractivity (Wildman–Crippen MR) is 73.2 cm³/mol. The minimum atomic E-state index is -0.621. The largest absolute Gasteiger partial charge is 0.468 e. The van der Waals surface area contributed by atoms with E-state index >= 15 is 0 Å². The molecule has 0 aromatic heterocycles. The summed E-state index contributed by atoms with van der Waals surface area (Å²) in [5.41, 5.74) is -1.15. The average molecular weight is 284 g/mol. The third-order valence-electron chi connectivity index (χ3n) is 4.08. The van der Waals surface area contributed by atoms with Gasteiger partial charge in [-0.25, -0.2) is 4.79 Å². The number of hydrogen-bond acceptors (Lipinski definition) is 5. The Bertz CT molecular complexity index is 404. The van der Waals surface area contributed by atoms with Crippen LogP contribution in [0.2, 0.25) is 0 Å². The number of ether oxygens (including phenoxy) is 2. The molecule has 0 aliphatic carbocycles. The Morgan fingerprint density at radius 3 is 2.65 bits per heavy atom. The maximum absolute atomic E-state index is 12.2. The molecule has 6 nitrogen and oxygen atoms in total. The maximum atomic E-state index is 12.2. The van der Waals surface area contributed by atoms with Crippen LogP contribution in [0.4, 0.5) is 4.79 Å². The van der Waals surface area contributed by atoms with E-state index in [2.05, 4.69) is 5.32 Å². The average Bonchev–Trinajstić information content (AvgIpc) is 2.79. The van der Waals surface area contributed by atoms with E-state index < -0.39 is 11.0 Å². The number of methoxy groups -OCH3 is 1. The summed E-state index contributed by atoms with van der Waals surface area (Å²) in [6, 6.07) is 0. The molecule has 6 heteroatoms. The van der Waals surface area contributed by atoms with E-state index in [0.717, 1.165) is 13.0 Å². The zero-order chi connectivity index (χ0) is 15.0. The van der Waals surface area contributed by atoms with E-state index in [1.165, 1.54) is 7.11 Å². The zero-order valence-corrected chi connectivity index (χ0v) is 12.7. The Kier molecular flexibility index (Phi) is 3.95. The summed E-state index contributed by atoms with van der Waals surface area (Å²) in [5.74, 6) is -0.00519. The lowest BCUT2D eigenvalue weighted by Crippen LogP contribution is -2.55. The first-order chi connectivity index (χ1) is 9.28. The number of likely N-dealkylation sites (tertiary alicyclic amines) is 1. The molecule has 0 bridgehead atoms. The van der Waals surface area contributed by atoms with Crippen molar-refractivity contribution in [1.29, 1.82) is 0 Å². The van der Waals surface area contributed by atoms with E-state index in [1.54, 1.807) is 4.90 Å². The molecule has 0 spiro atoms. The molecule has 0 aromatic carbocycles. The Hall–Kier alpha value is -1.30. The molecule has 20 heavy (non-hydrogen) atoms. The lowest BCUT2D eigenvalue weighted by molar-refractivity contribution is -0.157. The SMILES string of the molecule is COC(=O)C12CNCC1CCN(C(=O)OC(C)(C)C)C2. The van der Waals surface area contributed by atoms with Crippen LogP contribution in [-0.4, -0.2) is 55.9 Å². The number of rotatable bonds is 1. The molecule has 1 amide bonds. The van der Waals surface area contributed by atoms with Crippen molar-refractivity contribution < 1.29 is 19.1 Å². The van der Waals surface area contributed by atoms with E-state index in [1.807, 2.05) is 20.8 Å². The molecular weight excluding hydrogens is 260 g/mol. The maximum Gasteiger partial charge on any atom is 0.410 e. The van der Waals surface area contributed by atoms with Gasteiger partial charge in [-0.1, -0.05) is 0 Å². The van der Waals surface area contributed by atoms with Crippen molar-refractivity contribution in [3.05, 3.63) is 0 Å². The van der Waals surface area contributed by atoms with Crippen LogP contribution in [-0.2, 0) is 14.3 Å². The van der Waals surface area contributed by atoms with Crippen LogP contribution in [0.1, 0.15) is 27.2 Å². The van der Waals surface area contributed by atoms with Crippen LogP contribution in [0, 0.1) is 11.3 Å². The molecule has 1 N–H and O–H groups in total. The Morgan fingerprint density at radius 1 is 1.35 bits per heavy atom. The molecule has 2 aliphatic rings. The molecule has 2 heterocycles. The number of amides is 1. The quantitative estimate of drug-likeness (QED) is 0.728. The molecule has 0 saturated carbocycles. The van der Waals surface area contributed by atoms with E-state index in [0.29, 0.717) is 19.6 Å². The highest BCUT2D eigenvalue weighted by atomic mass is 16.6. The van der Waals surface area contributed by atoms with Crippen molar-refractivity contribution in [2.24, 2.45) is 11.3 Å². The summed E-state index contributed by atoms with van der Waals surface area (Å²) in [7, 11) is 1.40. The first-order valence-corrected chi connectivity index (χ1v) is 7.05. The van der Waals surface area contributed by atoms with Crippen molar-refractivity contribution in [3.8, 4) is 0 Å². The summed E-state index contributed by atoms with van der Waals surface area (Å²) >= 11 is 0. The van der Waals surface area contributed by atoms with Crippen LogP contribution in [0.3, 0.4) is 0 Å². The summed E-state index contributed by atoms with van der Waals surface area (Å²) in [4.78, 5) is 26.0. The number of carbonyl (C=O) groups excluding carboxylic acids is 2. The topological polar surface area (TPSA) is 67.9 Å². The van der Waals surface area contributed by atoms with Gasteiger partial charge in [0.25, 0.3) is 0 Å². The lowest BCUT2D eigenvalue weighted by Gasteiger charge is -2.42. The number of hydrogen-bond donors (Lipinski definition) is 1. The monoisotopic (exact) mass is 284 g/mol. The highest BCUT2D eigenvalue weighted by Crippen LogP contribution is 2.40. The van der Waals surface area contributed by atoms with Gasteiger partial charge in [0, 0.05) is 19.6 Å². The number of piperidine rings is 1. The van der Waals surface area contributed by atoms with Gasteiger partial charge in [0.1, 0.15) is 11.0 Å². The zero-order valence-electron chi connectivity index (χ0n) is 12.7. The predicted octanol–water partition coefficient (Wildman–Crippen LogP) is 1.01. The highest BCUT2D eigenvalue weighted by Gasteiger charge is 2.54. The Labute approximate surface area is 119 Å². The molecule has 2 unspecified atom stereocenters. The summed E-state index contributed by atoms with van der Waals surface area (Å²) in [5, 5.41) is 3.25. The number of fused-ring (bicyclic) bond motifs is 1. The van der Waals surface area contributed by atoms with E-state index in [-0.39, 0.29) is 18.0 Å². The minimum Gasteiger partial charge on any atom is -0.468 e. The molecule has 2 rings (SSSR count). The number of carbonyl (C=O) groups is 2. The molecular formula is C14H24N2O4. The van der Waals surface area contributed by atoms with Gasteiger partial charge in [-0.05, 0) is 39.7 Å². The van der Waals surface area contributed by atoms with Crippen molar-refractivity contribution in [2.75, 3.05) is 33.3 Å². The second-order valence-corrected chi connectivity index (χ2v) is 6.67. The van der Waals surface area contributed by atoms with Gasteiger partial charge in [-0.3, -0.25) is 4.79 Å². The third-order valence-corrected chi connectivity index (χ3v) is 4.08. The second kappa shape index (κ2) is 5.24. The summed E-state index contributed by atoms with van der Waals surface area (Å²) < 4.78 is 10.4. The van der Waals surface area contributed by atoms with Crippen LogP contribution >= 0.6 is 0 Å². The molecule has 0 radical (unpaired) electrons. The Morgan fingerprint density at radius 2 is 2.05 bits per heavy atom. The van der Waals surface area contributed by atoms with Gasteiger partial charge in [0.05, 0.1) is 7.11 Å². The van der Waals surface area contributed by atoms with Crippen molar-refractivity contribution in [2.45, 2.75) is 32.8 Å². The van der Waals surface area contributed by atoms with Gasteiger partial charge in [-0.15, -0.1) is 0 Å². The van der Waals surface area contributed by atoms with Crippen molar-refractivity contribution >= 4 is 12.1 Å². The third kappa shape index (κ3) is 2.75. The molecule has 2 fully saturated rings. The summed E-state index contributed by atoms with van der Waals surface area (Å²) in [6.07, 6.45) is 0.438. The standard InChI is InChI=1S/C14H24N2O4/c1-13(2,3)20-12(18)16-6-5-10-7-15-8-14(10,9-16)11(17)19-4/h10,15H,5-9H2,1-4H3. The van der Waals surface area contributed by atoms with E-state index in [9.17, 15) is 9.59 Å². The van der Waals surface area contributed by atoms with Crippen LogP contribution in [0.15, 0.2) is 0 Å². The molecule has 2 aliphatic heterocycles. The van der Waals surface area contributed by atoms with E-state index in [4.69, 9.17) is 9.47 Å². The van der Waals surface area contributed by atoms with Gasteiger partial charge in [0.15, 0.2) is 0 Å². The molecule has 2 atom stereocenters. The van der Waals surface area contributed by atoms with Gasteiger partial charge in [-0.2, -0.15) is 0 Å². The Balaban J connectivity index is 2.12. The molecule has 2 saturated heterocycles.